The molecule has 1 saturated carbocycles. The second-order valence-corrected chi connectivity index (χ2v) is 8.04. The first kappa shape index (κ1) is 18.9. The van der Waals surface area contributed by atoms with E-state index in [9.17, 15) is 0 Å². The first-order chi connectivity index (χ1) is 13.7. The summed E-state index contributed by atoms with van der Waals surface area (Å²) in [5, 5.41) is 0. The third-order valence-electron chi connectivity index (χ3n) is 5.61. The molecule has 4 rings (SSSR count). The molecular weight excluding hydrogens is 348 g/mol. The van der Waals surface area contributed by atoms with Gasteiger partial charge in [0, 0.05) is 30.4 Å². The summed E-state index contributed by atoms with van der Waals surface area (Å²) in [4.78, 5) is 11.3. The van der Waals surface area contributed by atoms with E-state index in [1.807, 2.05) is 18.6 Å². The molecule has 1 aliphatic rings. The van der Waals surface area contributed by atoms with E-state index in [2.05, 4.69) is 57.8 Å². The summed E-state index contributed by atoms with van der Waals surface area (Å²) in [5.74, 6) is 0.691. The first-order valence-corrected chi connectivity index (χ1v) is 10.4. The van der Waals surface area contributed by atoms with Crippen molar-refractivity contribution in [2.45, 2.75) is 44.6 Å². The number of aromatic nitrogens is 3. The maximum absolute atomic E-state index is 5.75. The van der Waals surface area contributed by atoms with E-state index in [1.54, 1.807) is 0 Å². The Morgan fingerprint density at radius 1 is 1.04 bits per heavy atom. The van der Waals surface area contributed by atoms with Crippen LogP contribution in [0.5, 0.6) is 5.88 Å². The lowest BCUT2D eigenvalue weighted by Gasteiger charge is -2.23. The highest BCUT2D eigenvalue weighted by Gasteiger charge is 2.17. The summed E-state index contributed by atoms with van der Waals surface area (Å²) in [7, 11) is 4.15. The van der Waals surface area contributed by atoms with Crippen LogP contribution in [0.3, 0.4) is 0 Å². The molecule has 0 saturated heterocycles. The van der Waals surface area contributed by atoms with Crippen molar-refractivity contribution in [1.82, 2.24) is 19.4 Å². The number of fused-ring (bicyclic) bond motifs is 1. The second-order valence-electron chi connectivity index (χ2n) is 8.04. The molecule has 0 spiro atoms. The largest absolute Gasteiger partial charge is 0.478 e. The van der Waals surface area contributed by atoms with Crippen LogP contribution < -0.4 is 4.74 Å². The first-order valence-electron chi connectivity index (χ1n) is 10.4. The topological polar surface area (TPSA) is 43.2 Å². The van der Waals surface area contributed by atoms with Crippen LogP contribution in [0.15, 0.2) is 42.9 Å². The molecule has 1 aliphatic carbocycles. The molecule has 0 aliphatic heterocycles. The fourth-order valence-corrected chi connectivity index (χ4v) is 4.05. The van der Waals surface area contributed by atoms with Crippen LogP contribution in [0.25, 0.3) is 22.2 Å². The van der Waals surface area contributed by atoms with Gasteiger partial charge >= 0.3 is 0 Å². The minimum absolute atomic E-state index is 0.588. The summed E-state index contributed by atoms with van der Waals surface area (Å²) < 4.78 is 8.13. The van der Waals surface area contributed by atoms with Crippen molar-refractivity contribution >= 4 is 11.0 Å². The molecule has 5 heteroatoms. The number of benzene rings is 1. The highest BCUT2D eigenvalue weighted by molar-refractivity contribution is 5.82. The van der Waals surface area contributed by atoms with Crippen molar-refractivity contribution in [3.8, 4) is 17.0 Å². The van der Waals surface area contributed by atoms with Crippen LogP contribution in [0.1, 0.15) is 44.6 Å². The van der Waals surface area contributed by atoms with Gasteiger partial charge in [-0.3, -0.25) is 0 Å². The number of ether oxygens (including phenoxy) is 1. The number of pyridine rings is 1. The zero-order valence-corrected chi connectivity index (χ0v) is 17.0. The molecular formula is C23H30N4O. The Morgan fingerprint density at radius 3 is 2.61 bits per heavy atom. The summed E-state index contributed by atoms with van der Waals surface area (Å²) in [6.07, 6.45) is 11.5. The molecule has 1 fully saturated rings. The lowest BCUT2D eigenvalue weighted by atomic mass is 9.95. The predicted molar refractivity (Wildman–Crippen MR) is 114 cm³/mol. The van der Waals surface area contributed by atoms with Crippen molar-refractivity contribution in [1.29, 1.82) is 0 Å². The van der Waals surface area contributed by atoms with E-state index in [0.29, 0.717) is 18.5 Å². The van der Waals surface area contributed by atoms with Gasteiger partial charge in [-0.25, -0.2) is 9.97 Å². The average molecular weight is 379 g/mol. The van der Waals surface area contributed by atoms with Gasteiger partial charge in [-0.05, 0) is 57.1 Å². The zero-order chi connectivity index (χ0) is 19.3. The van der Waals surface area contributed by atoms with Gasteiger partial charge in [0.1, 0.15) is 0 Å². The van der Waals surface area contributed by atoms with E-state index in [-0.39, 0.29) is 0 Å². The van der Waals surface area contributed by atoms with Crippen LogP contribution in [-0.2, 0) is 0 Å². The lowest BCUT2D eigenvalue weighted by molar-refractivity contribution is 0.273. The van der Waals surface area contributed by atoms with Gasteiger partial charge in [0.05, 0.1) is 24.0 Å². The van der Waals surface area contributed by atoms with Gasteiger partial charge in [0.15, 0.2) is 0 Å². The fourth-order valence-electron chi connectivity index (χ4n) is 4.05. The Bertz CT molecular complexity index is 895. The fraction of sp³-hybridized carbons (Fsp3) is 0.478. The van der Waals surface area contributed by atoms with E-state index in [0.717, 1.165) is 24.0 Å². The highest BCUT2D eigenvalue weighted by Crippen LogP contribution is 2.32. The van der Waals surface area contributed by atoms with Gasteiger partial charge in [0.25, 0.3) is 0 Å². The number of hydrogen-bond acceptors (Lipinski definition) is 4. The molecule has 148 valence electrons. The molecule has 0 radical (unpaired) electrons. The van der Waals surface area contributed by atoms with Gasteiger partial charge in [-0.15, -0.1) is 0 Å². The zero-order valence-electron chi connectivity index (χ0n) is 17.0. The minimum Gasteiger partial charge on any atom is -0.478 e. The summed E-state index contributed by atoms with van der Waals surface area (Å²) >= 11 is 0. The van der Waals surface area contributed by atoms with Crippen molar-refractivity contribution in [3.63, 3.8) is 0 Å². The maximum Gasteiger partial charge on any atom is 0.213 e. The van der Waals surface area contributed by atoms with Crippen LogP contribution in [0.2, 0.25) is 0 Å². The smallest absolute Gasteiger partial charge is 0.213 e. The predicted octanol–water partition coefficient (Wildman–Crippen LogP) is 4.93. The Morgan fingerprint density at radius 2 is 1.86 bits per heavy atom. The molecule has 5 nitrogen and oxygen atoms in total. The Kier molecular flexibility index (Phi) is 5.91. The molecule has 2 heterocycles. The number of rotatable bonds is 7. The normalized spacial score (nSPS) is 15.4. The number of hydrogen-bond donors (Lipinski definition) is 0. The van der Waals surface area contributed by atoms with E-state index >= 15 is 0 Å². The van der Waals surface area contributed by atoms with Gasteiger partial charge in [0.2, 0.25) is 5.88 Å². The van der Waals surface area contributed by atoms with Crippen molar-refractivity contribution < 1.29 is 4.74 Å². The van der Waals surface area contributed by atoms with Crippen molar-refractivity contribution in [3.05, 3.63) is 42.9 Å². The SMILES string of the molecule is CN(C)CCCOc1ccc(-c2ccc3ncn(C4CCCCC4)c3c2)cn1. The summed E-state index contributed by atoms with van der Waals surface area (Å²) in [6.45, 7) is 1.71. The lowest BCUT2D eigenvalue weighted by Crippen LogP contribution is -2.15. The molecule has 0 amide bonds. The van der Waals surface area contributed by atoms with Crippen LogP contribution in [0, 0.1) is 0 Å². The van der Waals surface area contributed by atoms with Crippen molar-refractivity contribution in [2.75, 3.05) is 27.2 Å². The quantitative estimate of drug-likeness (QED) is 0.547. The van der Waals surface area contributed by atoms with Crippen molar-refractivity contribution in [2.24, 2.45) is 0 Å². The van der Waals surface area contributed by atoms with Gasteiger partial charge < -0.3 is 14.2 Å². The van der Waals surface area contributed by atoms with Crippen LogP contribution in [0.4, 0.5) is 0 Å². The Balaban J connectivity index is 1.49. The van der Waals surface area contributed by atoms with Gasteiger partial charge in [-0.1, -0.05) is 25.3 Å². The molecule has 3 aromatic rings. The monoisotopic (exact) mass is 378 g/mol. The average Bonchev–Trinajstić information content (AvgIpc) is 3.15. The van der Waals surface area contributed by atoms with E-state index < -0.39 is 0 Å². The summed E-state index contributed by atoms with van der Waals surface area (Å²) in [5.41, 5.74) is 4.59. The minimum atomic E-state index is 0.588. The van der Waals surface area contributed by atoms with Crippen LogP contribution >= 0.6 is 0 Å². The van der Waals surface area contributed by atoms with Gasteiger partial charge in [-0.2, -0.15) is 0 Å². The third-order valence-corrected chi connectivity index (χ3v) is 5.61. The molecule has 2 aromatic heterocycles. The molecule has 1 aromatic carbocycles. The standard InChI is InChI=1S/C23H30N4O/c1-26(2)13-6-14-28-23-12-10-19(16-24-23)18-9-11-21-22(15-18)27(17-25-21)20-7-4-3-5-8-20/h9-12,15-17,20H,3-8,13-14H2,1-2H3. The molecule has 28 heavy (non-hydrogen) atoms. The Hall–Kier alpha value is -2.40. The molecule has 0 atom stereocenters. The highest BCUT2D eigenvalue weighted by atomic mass is 16.5. The van der Waals surface area contributed by atoms with E-state index in [1.165, 1.54) is 43.2 Å². The van der Waals surface area contributed by atoms with E-state index in [4.69, 9.17) is 4.74 Å². The number of nitrogens with zero attached hydrogens (tertiary/aromatic N) is 4. The van der Waals surface area contributed by atoms with Crippen LogP contribution in [-0.4, -0.2) is 46.7 Å². The second kappa shape index (κ2) is 8.74. The molecule has 0 unspecified atom stereocenters. The molecule has 0 N–H and O–H groups in total. The maximum atomic E-state index is 5.75. The molecule has 0 bridgehead atoms. The third kappa shape index (κ3) is 4.36. The number of imidazole rings is 1. The Labute approximate surface area is 167 Å². The summed E-state index contributed by atoms with van der Waals surface area (Å²) in [6, 6.07) is 11.2.